The monoisotopic (exact) mass is 358 g/mol. The van der Waals surface area contributed by atoms with Gasteiger partial charge in [0.1, 0.15) is 5.82 Å². The van der Waals surface area contributed by atoms with E-state index in [9.17, 15) is 4.79 Å². The number of aryl methyl sites for hydroxylation is 1. The number of halogens is 1. The molecule has 0 saturated carbocycles. The SMILES string of the molecule is CCC(=O)N1CCN(c2nc(-c3ccc(Cl)cc3)nc(C)c2C)CC1. The van der Waals surface area contributed by atoms with Gasteiger partial charge in [-0.05, 0) is 38.1 Å². The fourth-order valence-corrected chi connectivity index (χ4v) is 3.17. The van der Waals surface area contributed by atoms with Crippen LogP contribution in [-0.4, -0.2) is 47.0 Å². The molecule has 1 saturated heterocycles. The standard InChI is InChI=1S/C19H23ClN4O/c1-4-17(25)23-9-11-24(12-10-23)19-13(2)14(3)21-18(22-19)15-5-7-16(20)8-6-15/h5-8H,4,9-12H2,1-3H3. The average molecular weight is 359 g/mol. The summed E-state index contributed by atoms with van der Waals surface area (Å²) in [5, 5.41) is 0.699. The Balaban J connectivity index is 1.87. The molecule has 0 atom stereocenters. The molecule has 0 radical (unpaired) electrons. The zero-order chi connectivity index (χ0) is 18.0. The summed E-state index contributed by atoms with van der Waals surface area (Å²) >= 11 is 5.98. The third kappa shape index (κ3) is 3.76. The summed E-state index contributed by atoms with van der Waals surface area (Å²) in [6, 6.07) is 7.58. The Morgan fingerprint density at radius 3 is 2.32 bits per heavy atom. The Labute approximate surface area is 153 Å². The van der Waals surface area contributed by atoms with Crippen molar-refractivity contribution < 1.29 is 4.79 Å². The maximum Gasteiger partial charge on any atom is 0.222 e. The van der Waals surface area contributed by atoms with Gasteiger partial charge in [0.15, 0.2) is 5.82 Å². The zero-order valence-electron chi connectivity index (χ0n) is 14.9. The molecule has 5 nitrogen and oxygen atoms in total. The van der Waals surface area contributed by atoms with Crippen LogP contribution in [0.15, 0.2) is 24.3 Å². The van der Waals surface area contributed by atoms with E-state index in [1.54, 1.807) is 0 Å². The lowest BCUT2D eigenvalue weighted by atomic mass is 10.1. The number of anilines is 1. The molecule has 1 fully saturated rings. The zero-order valence-corrected chi connectivity index (χ0v) is 15.7. The fraction of sp³-hybridized carbons (Fsp3) is 0.421. The number of hydrogen-bond acceptors (Lipinski definition) is 4. The molecular formula is C19H23ClN4O. The second-order valence-electron chi connectivity index (χ2n) is 6.31. The van der Waals surface area contributed by atoms with Crippen LogP contribution in [0.4, 0.5) is 5.82 Å². The Morgan fingerprint density at radius 1 is 1.08 bits per heavy atom. The van der Waals surface area contributed by atoms with Crippen molar-refractivity contribution >= 4 is 23.3 Å². The molecule has 0 spiro atoms. The summed E-state index contributed by atoms with van der Waals surface area (Å²) in [4.78, 5) is 25.5. The van der Waals surface area contributed by atoms with E-state index < -0.39 is 0 Å². The van der Waals surface area contributed by atoms with Crippen LogP contribution in [0, 0.1) is 13.8 Å². The maximum atomic E-state index is 11.9. The second kappa shape index (κ2) is 7.40. The minimum absolute atomic E-state index is 0.220. The van der Waals surface area contributed by atoms with Gasteiger partial charge >= 0.3 is 0 Å². The first-order chi connectivity index (χ1) is 12.0. The second-order valence-corrected chi connectivity index (χ2v) is 6.75. The van der Waals surface area contributed by atoms with E-state index in [-0.39, 0.29) is 5.91 Å². The minimum atomic E-state index is 0.220. The molecule has 0 aliphatic carbocycles. The summed E-state index contributed by atoms with van der Waals surface area (Å²) < 4.78 is 0. The van der Waals surface area contributed by atoms with E-state index in [4.69, 9.17) is 16.6 Å². The van der Waals surface area contributed by atoms with Crippen molar-refractivity contribution in [2.75, 3.05) is 31.1 Å². The molecule has 132 valence electrons. The van der Waals surface area contributed by atoms with Crippen LogP contribution in [-0.2, 0) is 4.79 Å². The average Bonchev–Trinajstić information content (AvgIpc) is 2.64. The Hall–Kier alpha value is -2.14. The van der Waals surface area contributed by atoms with Crippen molar-refractivity contribution in [3.8, 4) is 11.4 Å². The van der Waals surface area contributed by atoms with Gasteiger partial charge in [-0.25, -0.2) is 9.97 Å². The molecule has 0 N–H and O–H groups in total. The molecule has 1 aliphatic heterocycles. The largest absolute Gasteiger partial charge is 0.353 e. The Morgan fingerprint density at radius 2 is 1.72 bits per heavy atom. The predicted molar refractivity (Wildman–Crippen MR) is 101 cm³/mol. The molecule has 0 bridgehead atoms. The molecule has 2 aromatic rings. The molecule has 3 rings (SSSR count). The highest BCUT2D eigenvalue weighted by atomic mass is 35.5. The third-order valence-corrected chi connectivity index (χ3v) is 4.95. The van der Waals surface area contributed by atoms with E-state index in [2.05, 4.69) is 16.8 Å². The van der Waals surface area contributed by atoms with E-state index >= 15 is 0 Å². The number of benzene rings is 1. The van der Waals surface area contributed by atoms with Gasteiger partial charge < -0.3 is 9.80 Å². The first-order valence-electron chi connectivity index (χ1n) is 8.63. The first kappa shape index (κ1) is 17.7. The van der Waals surface area contributed by atoms with Gasteiger partial charge in [-0.3, -0.25) is 4.79 Å². The molecule has 0 unspecified atom stereocenters. The highest BCUT2D eigenvalue weighted by Gasteiger charge is 2.23. The van der Waals surface area contributed by atoms with Crippen molar-refractivity contribution in [3.63, 3.8) is 0 Å². The minimum Gasteiger partial charge on any atom is -0.353 e. The number of piperazine rings is 1. The van der Waals surface area contributed by atoms with Crippen molar-refractivity contribution in [1.29, 1.82) is 0 Å². The summed E-state index contributed by atoms with van der Waals surface area (Å²) in [7, 11) is 0. The first-order valence-corrected chi connectivity index (χ1v) is 9.01. The van der Waals surface area contributed by atoms with E-state index in [0.717, 1.165) is 48.8 Å². The number of carbonyl (C=O) groups is 1. The van der Waals surface area contributed by atoms with Crippen LogP contribution in [0.5, 0.6) is 0 Å². The Kier molecular flexibility index (Phi) is 5.23. The molecule has 1 aliphatic rings. The van der Waals surface area contributed by atoms with E-state index in [1.807, 2.05) is 43.0 Å². The van der Waals surface area contributed by atoms with Gasteiger partial charge in [0.2, 0.25) is 5.91 Å². The molecule has 1 amide bonds. The van der Waals surface area contributed by atoms with Gasteiger partial charge in [-0.2, -0.15) is 0 Å². The van der Waals surface area contributed by atoms with Crippen LogP contribution in [0.1, 0.15) is 24.6 Å². The topological polar surface area (TPSA) is 49.3 Å². The van der Waals surface area contributed by atoms with Crippen LogP contribution >= 0.6 is 11.6 Å². The highest BCUT2D eigenvalue weighted by Crippen LogP contribution is 2.26. The van der Waals surface area contributed by atoms with Crippen LogP contribution in [0.25, 0.3) is 11.4 Å². The molecule has 1 aromatic carbocycles. The number of rotatable bonds is 3. The lowest BCUT2D eigenvalue weighted by Crippen LogP contribution is -2.49. The molecule has 1 aromatic heterocycles. The normalized spacial score (nSPS) is 14.7. The summed E-state index contributed by atoms with van der Waals surface area (Å²) in [5.74, 6) is 1.89. The van der Waals surface area contributed by atoms with Gasteiger partial charge in [-0.15, -0.1) is 0 Å². The lowest BCUT2D eigenvalue weighted by Gasteiger charge is -2.36. The maximum absolute atomic E-state index is 11.9. The van der Waals surface area contributed by atoms with Crippen molar-refractivity contribution in [3.05, 3.63) is 40.5 Å². The number of nitrogens with zero attached hydrogens (tertiary/aromatic N) is 4. The highest BCUT2D eigenvalue weighted by molar-refractivity contribution is 6.30. The molecule has 6 heteroatoms. The van der Waals surface area contributed by atoms with Crippen molar-refractivity contribution in [2.24, 2.45) is 0 Å². The third-order valence-electron chi connectivity index (χ3n) is 4.70. The quantitative estimate of drug-likeness (QED) is 0.843. The molecule has 2 heterocycles. The summed E-state index contributed by atoms with van der Waals surface area (Å²) in [6.07, 6.45) is 0.562. The number of carbonyl (C=O) groups excluding carboxylic acids is 1. The lowest BCUT2D eigenvalue weighted by molar-refractivity contribution is -0.131. The molecular weight excluding hydrogens is 336 g/mol. The van der Waals surface area contributed by atoms with Crippen molar-refractivity contribution in [1.82, 2.24) is 14.9 Å². The van der Waals surface area contributed by atoms with Crippen LogP contribution in [0.3, 0.4) is 0 Å². The fourth-order valence-electron chi connectivity index (χ4n) is 3.04. The predicted octanol–water partition coefficient (Wildman–Crippen LogP) is 3.47. The van der Waals surface area contributed by atoms with Crippen LogP contribution in [0.2, 0.25) is 5.02 Å². The van der Waals surface area contributed by atoms with Gasteiger partial charge in [0.25, 0.3) is 0 Å². The van der Waals surface area contributed by atoms with Crippen molar-refractivity contribution in [2.45, 2.75) is 27.2 Å². The Bertz CT molecular complexity index is 768. The van der Waals surface area contributed by atoms with Crippen LogP contribution < -0.4 is 4.90 Å². The van der Waals surface area contributed by atoms with E-state index in [0.29, 0.717) is 17.3 Å². The van der Waals surface area contributed by atoms with Gasteiger partial charge in [0.05, 0.1) is 0 Å². The van der Waals surface area contributed by atoms with E-state index in [1.165, 1.54) is 0 Å². The number of hydrogen-bond donors (Lipinski definition) is 0. The summed E-state index contributed by atoms with van der Waals surface area (Å²) in [6.45, 7) is 9.05. The van der Waals surface area contributed by atoms with Gasteiger partial charge in [-0.1, -0.05) is 18.5 Å². The molecule has 25 heavy (non-hydrogen) atoms. The summed E-state index contributed by atoms with van der Waals surface area (Å²) in [5.41, 5.74) is 3.02. The smallest absolute Gasteiger partial charge is 0.222 e. The number of aromatic nitrogens is 2. The van der Waals surface area contributed by atoms with Gasteiger partial charge in [0, 0.05) is 54.4 Å². The number of amides is 1.